The van der Waals surface area contributed by atoms with E-state index in [0.717, 1.165) is 26.2 Å². The molecule has 0 unspecified atom stereocenters. The van der Waals surface area contributed by atoms with Gasteiger partial charge in [-0.2, -0.15) is 0 Å². The van der Waals surface area contributed by atoms with Crippen LogP contribution in [0.5, 0.6) is 0 Å². The summed E-state index contributed by atoms with van der Waals surface area (Å²) in [6.07, 6.45) is 1.38. The van der Waals surface area contributed by atoms with Gasteiger partial charge < -0.3 is 15.7 Å². The SMILES string of the molecule is Nc1c(NNC(=O)c2ccc(Cl)cc2Cl)ncnc1N1CCN(CCO)CC1. The van der Waals surface area contributed by atoms with Gasteiger partial charge in [0.25, 0.3) is 5.91 Å². The molecule has 1 aromatic carbocycles. The summed E-state index contributed by atoms with van der Waals surface area (Å²) < 4.78 is 0. The number of aliphatic hydroxyl groups is 1. The van der Waals surface area contributed by atoms with Crippen molar-refractivity contribution in [3.63, 3.8) is 0 Å². The maximum atomic E-state index is 12.3. The fourth-order valence-corrected chi connectivity index (χ4v) is 3.41. The van der Waals surface area contributed by atoms with E-state index < -0.39 is 5.91 Å². The molecule has 0 bridgehead atoms. The number of amides is 1. The van der Waals surface area contributed by atoms with E-state index in [9.17, 15) is 4.79 Å². The third-order valence-corrected chi connectivity index (χ3v) is 4.97. The second-order valence-electron chi connectivity index (χ2n) is 6.22. The van der Waals surface area contributed by atoms with Crippen molar-refractivity contribution in [1.29, 1.82) is 0 Å². The van der Waals surface area contributed by atoms with Crippen molar-refractivity contribution in [2.75, 3.05) is 55.4 Å². The lowest BCUT2D eigenvalue weighted by Crippen LogP contribution is -2.47. The Morgan fingerprint density at radius 3 is 2.64 bits per heavy atom. The molecular weight excluding hydrogens is 405 g/mol. The molecule has 1 aromatic heterocycles. The van der Waals surface area contributed by atoms with E-state index in [2.05, 4.69) is 25.7 Å². The number of halogens is 2. The minimum atomic E-state index is -0.446. The number of nitrogen functional groups attached to an aromatic ring is 1. The van der Waals surface area contributed by atoms with Crippen LogP contribution in [0.4, 0.5) is 17.3 Å². The quantitative estimate of drug-likeness (QED) is 0.510. The summed E-state index contributed by atoms with van der Waals surface area (Å²) >= 11 is 11.9. The van der Waals surface area contributed by atoms with Gasteiger partial charge in [-0.1, -0.05) is 23.2 Å². The number of hydrogen-bond acceptors (Lipinski definition) is 8. The number of β-amino-alcohol motifs (C(OH)–C–C–N with tert-alkyl or cyclic N) is 1. The minimum absolute atomic E-state index is 0.140. The normalized spacial score (nSPS) is 14.8. The Morgan fingerprint density at radius 1 is 1.21 bits per heavy atom. The molecule has 2 aromatic rings. The van der Waals surface area contributed by atoms with Crippen LogP contribution >= 0.6 is 23.2 Å². The van der Waals surface area contributed by atoms with Crippen molar-refractivity contribution in [3.05, 3.63) is 40.1 Å². The van der Waals surface area contributed by atoms with Crippen molar-refractivity contribution in [1.82, 2.24) is 20.3 Å². The molecule has 1 aliphatic rings. The number of nitrogens with zero attached hydrogens (tertiary/aromatic N) is 4. The number of benzene rings is 1. The predicted octanol–water partition coefficient (Wildman–Crippen LogP) is 1.24. The molecule has 150 valence electrons. The number of carbonyl (C=O) groups is 1. The highest BCUT2D eigenvalue weighted by molar-refractivity contribution is 6.36. The van der Waals surface area contributed by atoms with Gasteiger partial charge in [0, 0.05) is 37.7 Å². The van der Waals surface area contributed by atoms with Crippen LogP contribution in [0.2, 0.25) is 10.0 Å². The second kappa shape index (κ2) is 9.24. The maximum absolute atomic E-state index is 12.3. The molecule has 11 heteroatoms. The Hall–Kier alpha value is -2.33. The molecule has 9 nitrogen and oxygen atoms in total. The van der Waals surface area contributed by atoms with Crippen LogP contribution in [-0.4, -0.2) is 65.2 Å². The van der Waals surface area contributed by atoms with E-state index in [1.807, 2.05) is 4.90 Å². The second-order valence-corrected chi connectivity index (χ2v) is 7.06. The number of aliphatic hydroxyl groups excluding tert-OH is 1. The van der Waals surface area contributed by atoms with Crippen LogP contribution < -0.4 is 21.5 Å². The van der Waals surface area contributed by atoms with E-state index in [4.69, 9.17) is 34.0 Å². The fraction of sp³-hybridized carbons (Fsp3) is 0.353. The first-order chi connectivity index (χ1) is 13.5. The molecule has 5 N–H and O–H groups in total. The van der Waals surface area contributed by atoms with Gasteiger partial charge in [-0.25, -0.2) is 9.97 Å². The summed E-state index contributed by atoms with van der Waals surface area (Å²) in [5, 5.41) is 9.73. The van der Waals surface area contributed by atoms with E-state index in [0.29, 0.717) is 28.9 Å². The summed E-state index contributed by atoms with van der Waals surface area (Å²) in [6, 6.07) is 4.60. The molecular formula is C17H21Cl2N7O2. The number of carbonyl (C=O) groups excluding carboxylic acids is 1. The highest BCUT2D eigenvalue weighted by Gasteiger charge is 2.21. The van der Waals surface area contributed by atoms with Crippen LogP contribution in [0.1, 0.15) is 10.4 Å². The highest BCUT2D eigenvalue weighted by Crippen LogP contribution is 2.26. The predicted molar refractivity (Wildman–Crippen MR) is 110 cm³/mol. The lowest BCUT2D eigenvalue weighted by Gasteiger charge is -2.35. The summed E-state index contributed by atoms with van der Waals surface area (Å²) in [5.41, 5.74) is 12.1. The lowest BCUT2D eigenvalue weighted by atomic mass is 10.2. The monoisotopic (exact) mass is 425 g/mol. The first-order valence-corrected chi connectivity index (χ1v) is 9.45. The summed E-state index contributed by atoms with van der Waals surface area (Å²) in [6.45, 7) is 3.86. The summed E-state index contributed by atoms with van der Waals surface area (Å²) in [7, 11) is 0. The molecule has 0 aliphatic carbocycles. The molecule has 0 spiro atoms. The minimum Gasteiger partial charge on any atom is -0.395 e. The Morgan fingerprint density at radius 2 is 1.96 bits per heavy atom. The van der Waals surface area contributed by atoms with Crippen molar-refractivity contribution in [3.8, 4) is 0 Å². The molecule has 1 fully saturated rings. The van der Waals surface area contributed by atoms with Gasteiger partial charge in [-0.3, -0.25) is 20.5 Å². The van der Waals surface area contributed by atoms with Crippen LogP contribution in [0.15, 0.2) is 24.5 Å². The molecule has 3 rings (SSSR count). The Bertz CT molecular complexity index is 844. The molecule has 1 saturated heterocycles. The number of aromatic nitrogens is 2. The zero-order chi connectivity index (χ0) is 20.1. The molecule has 0 saturated carbocycles. The Balaban J connectivity index is 1.65. The Labute approximate surface area is 172 Å². The van der Waals surface area contributed by atoms with E-state index in [1.165, 1.54) is 18.5 Å². The third-order valence-electron chi connectivity index (χ3n) is 4.42. The van der Waals surface area contributed by atoms with Crippen molar-refractivity contribution < 1.29 is 9.90 Å². The van der Waals surface area contributed by atoms with Gasteiger partial charge in [-0.15, -0.1) is 0 Å². The number of rotatable bonds is 6. The topological polar surface area (TPSA) is 120 Å². The molecule has 1 aliphatic heterocycles. The molecule has 2 heterocycles. The largest absolute Gasteiger partial charge is 0.395 e. The number of nitrogens with two attached hydrogens (primary N) is 1. The number of hydrazine groups is 1. The molecule has 1 amide bonds. The number of nitrogens with one attached hydrogen (secondary N) is 2. The van der Waals surface area contributed by atoms with E-state index in [-0.39, 0.29) is 17.2 Å². The average Bonchev–Trinajstić information content (AvgIpc) is 2.68. The maximum Gasteiger partial charge on any atom is 0.271 e. The number of anilines is 3. The standard InChI is InChI=1S/C17H21Cl2N7O2/c18-11-1-2-12(13(19)9-11)17(28)24-23-15-14(20)16(22-10-21-15)26-5-3-25(4-6-26)7-8-27/h1-2,9-10,27H,3-8,20H2,(H,24,28)(H,21,22,23). The number of piperazine rings is 1. The zero-order valence-electron chi connectivity index (χ0n) is 15.0. The zero-order valence-corrected chi connectivity index (χ0v) is 16.5. The molecule has 0 atom stereocenters. The molecule has 28 heavy (non-hydrogen) atoms. The van der Waals surface area contributed by atoms with Gasteiger partial charge in [0.15, 0.2) is 11.6 Å². The van der Waals surface area contributed by atoms with Gasteiger partial charge in [0.05, 0.1) is 17.2 Å². The van der Waals surface area contributed by atoms with Crippen LogP contribution in [-0.2, 0) is 0 Å². The van der Waals surface area contributed by atoms with Crippen molar-refractivity contribution >= 4 is 46.4 Å². The van der Waals surface area contributed by atoms with Crippen molar-refractivity contribution in [2.45, 2.75) is 0 Å². The Kier molecular flexibility index (Phi) is 6.74. The van der Waals surface area contributed by atoms with E-state index in [1.54, 1.807) is 6.07 Å². The van der Waals surface area contributed by atoms with Crippen molar-refractivity contribution in [2.24, 2.45) is 0 Å². The van der Waals surface area contributed by atoms with Crippen LogP contribution in [0.3, 0.4) is 0 Å². The first kappa shape index (κ1) is 20.4. The first-order valence-electron chi connectivity index (χ1n) is 8.69. The van der Waals surface area contributed by atoms with Gasteiger partial charge >= 0.3 is 0 Å². The number of hydrogen-bond donors (Lipinski definition) is 4. The third kappa shape index (κ3) is 4.74. The van der Waals surface area contributed by atoms with Gasteiger partial charge in [-0.05, 0) is 18.2 Å². The van der Waals surface area contributed by atoms with E-state index >= 15 is 0 Å². The molecule has 0 radical (unpaired) electrons. The summed E-state index contributed by atoms with van der Waals surface area (Å²) in [4.78, 5) is 24.9. The highest BCUT2D eigenvalue weighted by atomic mass is 35.5. The van der Waals surface area contributed by atoms with Gasteiger partial charge in [0.1, 0.15) is 12.0 Å². The summed E-state index contributed by atoms with van der Waals surface area (Å²) in [5.74, 6) is 0.444. The van der Waals surface area contributed by atoms with Crippen LogP contribution in [0, 0.1) is 0 Å². The smallest absolute Gasteiger partial charge is 0.271 e. The van der Waals surface area contributed by atoms with Crippen LogP contribution in [0.25, 0.3) is 0 Å². The lowest BCUT2D eigenvalue weighted by molar-refractivity contribution is 0.0962. The fourth-order valence-electron chi connectivity index (χ4n) is 2.92. The van der Waals surface area contributed by atoms with Gasteiger partial charge in [0.2, 0.25) is 0 Å². The average molecular weight is 426 g/mol.